The summed E-state index contributed by atoms with van der Waals surface area (Å²) < 4.78 is 53.8. The van der Waals surface area contributed by atoms with E-state index >= 15 is 0 Å². The molecule has 0 fully saturated rings. The lowest BCUT2D eigenvalue weighted by atomic mass is 10.1. The number of rotatable bonds is 17. The summed E-state index contributed by atoms with van der Waals surface area (Å²) in [6, 6.07) is 14.8. The molecule has 11 heteroatoms. The fourth-order valence-corrected chi connectivity index (χ4v) is 4.48. The molecular formula is C35H39F3N2O6. The summed E-state index contributed by atoms with van der Waals surface area (Å²) in [6.45, 7) is 0.699. The van der Waals surface area contributed by atoms with E-state index in [1.807, 2.05) is 0 Å². The van der Waals surface area contributed by atoms with Crippen LogP contribution in [0.4, 0.5) is 24.5 Å². The first-order valence-corrected chi connectivity index (χ1v) is 15.2. The molecule has 0 aliphatic rings. The molecule has 0 saturated heterocycles. The van der Waals surface area contributed by atoms with Crippen LogP contribution in [-0.2, 0) is 20.4 Å². The van der Waals surface area contributed by atoms with E-state index in [-0.39, 0.29) is 11.3 Å². The fraction of sp³-hybridized carbons (Fsp3) is 0.343. The Labute approximate surface area is 266 Å². The highest BCUT2D eigenvalue weighted by Crippen LogP contribution is 2.29. The van der Waals surface area contributed by atoms with Crippen molar-refractivity contribution in [3.63, 3.8) is 0 Å². The van der Waals surface area contributed by atoms with E-state index in [1.54, 1.807) is 36.4 Å². The largest absolute Gasteiger partial charge is 0.463 e. The maximum Gasteiger partial charge on any atom is 0.416 e. The number of halogens is 3. The van der Waals surface area contributed by atoms with Gasteiger partial charge in [-0.25, -0.2) is 14.4 Å². The van der Waals surface area contributed by atoms with Crippen molar-refractivity contribution in [2.45, 2.75) is 64.0 Å². The van der Waals surface area contributed by atoms with E-state index in [1.165, 1.54) is 18.2 Å². The van der Waals surface area contributed by atoms with Gasteiger partial charge in [0.2, 0.25) is 0 Å². The zero-order chi connectivity index (χ0) is 33.4. The van der Waals surface area contributed by atoms with Crippen molar-refractivity contribution in [2.24, 2.45) is 0 Å². The van der Waals surface area contributed by atoms with Crippen molar-refractivity contribution in [3.8, 4) is 5.75 Å². The molecule has 0 radical (unpaired) electrons. The highest BCUT2D eigenvalue weighted by molar-refractivity contribution is 5.92. The number of carbonyl (C=O) groups excluding carboxylic acids is 3. The van der Waals surface area contributed by atoms with Gasteiger partial charge in [-0.1, -0.05) is 57.1 Å². The number of nitrogens with two attached hydrogens (primary N) is 2. The van der Waals surface area contributed by atoms with Crippen LogP contribution in [0.1, 0.15) is 89.6 Å². The number of benzene rings is 3. The number of hydrogen-bond acceptors (Lipinski definition) is 8. The van der Waals surface area contributed by atoms with Gasteiger partial charge < -0.3 is 25.7 Å². The summed E-state index contributed by atoms with van der Waals surface area (Å²) in [5.41, 5.74) is 12.4. The Morgan fingerprint density at radius 2 is 1.15 bits per heavy atom. The standard InChI is InChI=1S/C35H39F3N2O6/c36-35(37,38)28-15-13-26(14-16-28)34(43)46-31-17-10-25(11-18-31)12-19-32(41)44-20-8-6-4-2-1-3-5-7-9-21-45-33(42)27-22-29(39)24-30(40)23-27/h10-19,22-24H,1-9,20-21,39-40H2. The number of ether oxygens (including phenoxy) is 3. The first-order chi connectivity index (χ1) is 22.0. The summed E-state index contributed by atoms with van der Waals surface area (Å²) in [6.07, 6.45) is 7.42. The lowest BCUT2D eigenvalue weighted by Crippen LogP contribution is -2.10. The van der Waals surface area contributed by atoms with Crippen molar-refractivity contribution < 1.29 is 41.8 Å². The maximum atomic E-state index is 12.7. The van der Waals surface area contributed by atoms with Crippen molar-refractivity contribution in [2.75, 3.05) is 24.7 Å². The van der Waals surface area contributed by atoms with E-state index in [0.717, 1.165) is 82.1 Å². The van der Waals surface area contributed by atoms with Gasteiger partial charge in [-0.05, 0) is 79.1 Å². The van der Waals surface area contributed by atoms with Crippen LogP contribution in [-0.4, -0.2) is 31.1 Å². The van der Waals surface area contributed by atoms with Gasteiger partial charge in [0.05, 0.1) is 29.9 Å². The number of carbonyl (C=O) groups is 3. The normalized spacial score (nSPS) is 11.4. The molecule has 0 atom stereocenters. The molecule has 0 amide bonds. The van der Waals surface area contributed by atoms with Crippen molar-refractivity contribution in [1.82, 2.24) is 0 Å². The number of alkyl halides is 3. The molecule has 0 spiro atoms. The van der Waals surface area contributed by atoms with E-state index in [0.29, 0.717) is 35.7 Å². The smallest absolute Gasteiger partial charge is 0.416 e. The second-order valence-corrected chi connectivity index (χ2v) is 10.7. The number of nitrogen functional groups attached to an aromatic ring is 2. The van der Waals surface area contributed by atoms with Crippen molar-refractivity contribution in [3.05, 3.63) is 95.1 Å². The molecular weight excluding hydrogens is 601 g/mol. The van der Waals surface area contributed by atoms with Gasteiger partial charge in [0.25, 0.3) is 0 Å². The summed E-state index contributed by atoms with van der Waals surface area (Å²) in [7, 11) is 0. The first kappa shape index (κ1) is 35.7. The molecule has 0 unspecified atom stereocenters. The molecule has 0 aliphatic heterocycles. The Morgan fingerprint density at radius 1 is 0.630 bits per heavy atom. The summed E-state index contributed by atoms with van der Waals surface area (Å²) in [5, 5.41) is 0. The molecule has 0 saturated carbocycles. The topological polar surface area (TPSA) is 131 Å². The average molecular weight is 641 g/mol. The van der Waals surface area contributed by atoms with Crippen molar-refractivity contribution in [1.29, 1.82) is 0 Å². The fourth-order valence-electron chi connectivity index (χ4n) is 4.48. The lowest BCUT2D eigenvalue weighted by Gasteiger charge is -2.08. The van der Waals surface area contributed by atoms with E-state index in [4.69, 9.17) is 25.7 Å². The Hall–Kier alpha value is -4.80. The minimum atomic E-state index is -4.49. The van der Waals surface area contributed by atoms with Crippen LogP contribution >= 0.6 is 0 Å². The monoisotopic (exact) mass is 640 g/mol. The summed E-state index contributed by atoms with van der Waals surface area (Å²) >= 11 is 0. The molecule has 3 aromatic carbocycles. The summed E-state index contributed by atoms with van der Waals surface area (Å²) in [5.74, 6) is -1.45. The van der Waals surface area contributed by atoms with E-state index < -0.39 is 29.6 Å². The van der Waals surface area contributed by atoms with Crippen LogP contribution in [0, 0.1) is 0 Å². The molecule has 8 nitrogen and oxygen atoms in total. The Kier molecular flexibility index (Phi) is 14.1. The van der Waals surface area contributed by atoms with Gasteiger partial charge in [0, 0.05) is 17.5 Å². The van der Waals surface area contributed by atoms with Gasteiger partial charge in [-0.2, -0.15) is 13.2 Å². The van der Waals surface area contributed by atoms with Gasteiger partial charge in [-0.15, -0.1) is 0 Å². The molecule has 0 heterocycles. The quantitative estimate of drug-likeness (QED) is 0.0499. The predicted molar refractivity (Wildman–Crippen MR) is 170 cm³/mol. The van der Waals surface area contributed by atoms with Gasteiger partial charge in [0.15, 0.2) is 0 Å². The minimum absolute atomic E-state index is 0.00750. The highest BCUT2D eigenvalue weighted by atomic mass is 19.4. The lowest BCUT2D eigenvalue weighted by molar-refractivity contribution is -0.138. The number of anilines is 2. The minimum Gasteiger partial charge on any atom is -0.463 e. The van der Waals surface area contributed by atoms with Gasteiger partial charge in [0.1, 0.15) is 5.75 Å². The third-order valence-electron chi connectivity index (χ3n) is 6.93. The molecule has 4 N–H and O–H groups in total. The van der Waals surface area contributed by atoms with E-state index in [9.17, 15) is 27.6 Å². The molecule has 246 valence electrons. The number of unbranched alkanes of at least 4 members (excludes halogenated alkanes) is 8. The van der Waals surface area contributed by atoms with Crippen LogP contribution in [0.3, 0.4) is 0 Å². The Bertz CT molecular complexity index is 1430. The molecule has 0 aromatic heterocycles. The first-order valence-electron chi connectivity index (χ1n) is 15.2. The van der Waals surface area contributed by atoms with Crippen LogP contribution in [0.25, 0.3) is 6.08 Å². The SMILES string of the molecule is Nc1cc(N)cc(C(=O)OCCCCCCCCCCCOC(=O)C=Cc2ccc(OC(=O)c3ccc(C(F)(F)F)cc3)cc2)c1. The van der Waals surface area contributed by atoms with Gasteiger partial charge >= 0.3 is 24.1 Å². The zero-order valence-electron chi connectivity index (χ0n) is 25.5. The van der Waals surface area contributed by atoms with Crippen molar-refractivity contribution >= 4 is 35.4 Å². The Morgan fingerprint density at radius 3 is 1.70 bits per heavy atom. The van der Waals surface area contributed by atoms with E-state index in [2.05, 4.69) is 0 Å². The predicted octanol–water partition coefficient (Wildman–Crippen LogP) is 8.01. The zero-order valence-corrected chi connectivity index (χ0v) is 25.5. The second-order valence-electron chi connectivity index (χ2n) is 10.7. The third-order valence-corrected chi connectivity index (χ3v) is 6.93. The molecule has 0 bridgehead atoms. The van der Waals surface area contributed by atoms with Crippen LogP contribution in [0.2, 0.25) is 0 Å². The van der Waals surface area contributed by atoms with Gasteiger partial charge in [-0.3, -0.25) is 0 Å². The molecule has 0 aliphatic carbocycles. The summed E-state index contributed by atoms with van der Waals surface area (Å²) in [4.78, 5) is 36.3. The highest BCUT2D eigenvalue weighted by Gasteiger charge is 2.30. The van der Waals surface area contributed by atoms with Crippen LogP contribution < -0.4 is 16.2 Å². The Balaban J connectivity index is 1.18. The average Bonchev–Trinajstić information content (AvgIpc) is 3.02. The van der Waals surface area contributed by atoms with Crippen LogP contribution in [0.15, 0.2) is 72.8 Å². The molecule has 46 heavy (non-hydrogen) atoms. The number of esters is 3. The second kappa shape index (κ2) is 18.2. The molecule has 3 rings (SSSR count). The number of hydrogen-bond donors (Lipinski definition) is 2. The third kappa shape index (κ3) is 13.1. The molecule has 3 aromatic rings. The van der Waals surface area contributed by atoms with Crippen LogP contribution in [0.5, 0.6) is 5.75 Å². The maximum absolute atomic E-state index is 12.7.